The van der Waals surface area contributed by atoms with Crippen LogP contribution in [-0.4, -0.2) is 47.0 Å². The molecule has 4 atom stereocenters. The van der Waals surface area contributed by atoms with Crippen LogP contribution in [0.2, 0.25) is 0 Å². The number of rotatable bonds is 8. The standard InChI is InChI=1S/C38H43NO6S2/c1-27-9-6-19-37(2)33(31-17-15-29(23-30(40)16-14-27)24-32(31)36(41)34-12-7-21-45-34)18-20-38(37,42)26-39(25-28-10-4-3-5-11-28)47(43,44)35-13-8-22-46-35/h3-5,7-13,15,17,21-22,24,30,33,40,42H,6,14,16,18-20,23,25-26H2,1-2H3. The maximum Gasteiger partial charge on any atom is 0.252 e. The van der Waals surface area contributed by atoms with Crippen molar-refractivity contribution >= 4 is 27.1 Å². The normalized spacial score (nSPS) is 25.3. The van der Waals surface area contributed by atoms with Crippen LogP contribution in [0.25, 0.3) is 0 Å². The summed E-state index contributed by atoms with van der Waals surface area (Å²) in [5, 5.41) is 25.5. The molecule has 0 radical (unpaired) electrons. The molecule has 4 aromatic rings. The van der Waals surface area contributed by atoms with Crippen molar-refractivity contribution in [2.24, 2.45) is 5.41 Å². The predicted octanol–water partition coefficient (Wildman–Crippen LogP) is 7.50. The first-order chi connectivity index (χ1) is 22.5. The van der Waals surface area contributed by atoms with Crippen LogP contribution in [0.5, 0.6) is 0 Å². The second kappa shape index (κ2) is 13.6. The number of carbonyl (C=O) groups is 1. The quantitative estimate of drug-likeness (QED) is 0.148. The molecular weight excluding hydrogens is 631 g/mol. The zero-order valence-corrected chi connectivity index (χ0v) is 28.6. The lowest BCUT2D eigenvalue weighted by atomic mass is 9.65. The third-order valence-corrected chi connectivity index (χ3v) is 13.6. The average molecular weight is 674 g/mol. The summed E-state index contributed by atoms with van der Waals surface area (Å²) in [7, 11) is -3.92. The summed E-state index contributed by atoms with van der Waals surface area (Å²) in [4.78, 5) is 14.0. The first-order valence-electron chi connectivity index (χ1n) is 16.3. The maximum atomic E-state index is 14.2. The molecule has 4 unspecified atom stereocenters. The Morgan fingerprint density at radius 3 is 2.57 bits per heavy atom. The number of furan rings is 1. The van der Waals surface area contributed by atoms with Gasteiger partial charge < -0.3 is 14.6 Å². The van der Waals surface area contributed by atoms with Crippen LogP contribution in [-0.2, 0) is 23.0 Å². The van der Waals surface area contributed by atoms with E-state index in [4.69, 9.17) is 4.42 Å². The third kappa shape index (κ3) is 6.82. The van der Waals surface area contributed by atoms with Crippen LogP contribution in [0, 0.1) is 5.41 Å². The van der Waals surface area contributed by atoms with Crippen molar-refractivity contribution in [3.63, 3.8) is 0 Å². The summed E-state index contributed by atoms with van der Waals surface area (Å²) in [5.41, 5.74) is 2.02. The second-order valence-corrected chi connectivity index (χ2v) is 16.6. The van der Waals surface area contributed by atoms with Crippen molar-refractivity contribution < 1.29 is 27.8 Å². The summed E-state index contributed by atoms with van der Waals surface area (Å²) in [5.74, 6) is -0.248. The minimum Gasteiger partial charge on any atom is -0.461 e. The lowest BCUT2D eigenvalue weighted by Crippen LogP contribution is -2.53. The Morgan fingerprint density at radius 1 is 1.04 bits per heavy atom. The van der Waals surface area contributed by atoms with Gasteiger partial charge in [-0.1, -0.05) is 67.1 Å². The van der Waals surface area contributed by atoms with Crippen molar-refractivity contribution in [1.29, 1.82) is 0 Å². The smallest absolute Gasteiger partial charge is 0.252 e. The molecule has 3 aliphatic carbocycles. The van der Waals surface area contributed by atoms with E-state index in [2.05, 4.69) is 19.9 Å². The highest BCUT2D eigenvalue weighted by Gasteiger charge is 2.58. The summed E-state index contributed by atoms with van der Waals surface area (Å²) in [6, 6.07) is 22.0. The Bertz CT molecular complexity index is 1820. The molecule has 7 nitrogen and oxygen atoms in total. The van der Waals surface area contributed by atoms with Gasteiger partial charge in [-0.3, -0.25) is 4.79 Å². The number of carbonyl (C=O) groups excluding carboxylic acids is 1. The van der Waals surface area contributed by atoms with E-state index in [9.17, 15) is 23.4 Å². The molecule has 3 aliphatic rings. The number of benzene rings is 2. The number of sulfonamides is 1. The monoisotopic (exact) mass is 673 g/mol. The van der Waals surface area contributed by atoms with Crippen LogP contribution in [0.4, 0.5) is 0 Å². The molecule has 47 heavy (non-hydrogen) atoms. The molecule has 0 spiro atoms. The molecule has 0 aliphatic heterocycles. The maximum absolute atomic E-state index is 14.2. The summed E-state index contributed by atoms with van der Waals surface area (Å²) in [6.07, 6.45) is 7.10. The molecular formula is C38H43NO6S2. The highest BCUT2D eigenvalue weighted by Crippen LogP contribution is 2.59. The number of allylic oxidation sites excluding steroid dienone is 2. The second-order valence-electron chi connectivity index (χ2n) is 13.4. The van der Waals surface area contributed by atoms with Gasteiger partial charge in [0, 0.05) is 24.1 Å². The lowest BCUT2D eigenvalue weighted by molar-refractivity contribution is -0.0731. The molecule has 1 saturated carbocycles. The fraction of sp³-hybridized carbons (Fsp3) is 0.395. The number of hydrogen-bond acceptors (Lipinski definition) is 7. The molecule has 2 aromatic carbocycles. The minimum atomic E-state index is -3.92. The zero-order valence-electron chi connectivity index (χ0n) is 27.0. The summed E-state index contributed by atoms with van der Waals surface area (Å²) in [6.45, 7) is 4.19. The molecule has 1 fully saturated rings. The fourth-order valence-corrected chi connectivity index (χ4v) is 10.2. The summed E-state index contributed by atoms with van der Waals surface area (Å²) < 4.78 is 35.5. The Balaban J connectivity index is 1.45. The van der Waals surface area contributed by atoms with Crippen molar-refractivity contribution in [3.05, 3.63) is 124 Å². The predicted molar refractivity (Wildman–Crippen MR) is 184 cm³/mol. The van der Waals surface area contributed by atoms with Gasteiger partial charge in [-0.2, -0.15) is 4.31 Å². The molecule has 0 saturated heterocycles. The zero-order chi connectivity index (χ0) is 33.2. The van der Waals surface area contributed by atoms with Crippen LogP contribution < -0.4 is 0 Å². The van der Waals surface area contributed by atoms with E-state index in [1.807, 2.05) is 48.5 Å². The van der Waals surface area contributed by atoms with Crippen molar-refractivity contribution in [3.8, 4) is 0 Å². The number of aliphatic hydroxyl groups excluding tert-OH is 1. The van der Waals surface area contributed by atoms with E-state index in [-0.39, 0.29) is 34.8 Å². The van der Waals surface area contributed by atoms with E-state index in [1.165, 1.54) is 27.5 Å². The van der Waals surface area contributed by atoms with E-state index in [0.717, 1.165) is 23.1 Å². The van der Waals surface area contributed by atoms with E-state index in [0.29, 0.717) is 44.1 Å². The number of aliphatic hydroxyl groups is 2. The molecule has 2 heterocycles. The molecule has 0 amide bonds. The Kier molecular flexibility index (Phi) is 9.74. The van der Waals surface area contributed by atoms with Gasteiger partial charge >= 0.3 is 0 Å². The van der Waals surface area contributed by atoms with Crippen LogP contribution >= 0.6 is 11.3 Å². The van der Waals surface area contributed by atoms with Gasteiger partial charge in [0.25, 0.3) is 10.0 Å². The molecule has 248 valence electrons. The molecule has 7 rings (SSSR count). The van der Waals surface area contributed by atoms with Crippen molar-refractivity contribution in [1.82, 2.24) is 4.31 Å². The highest BCUT2D eigenvalue weighted by atomic mass is 32.2. The van der Waals surface area contributed by atoms with Gasteiger partial charge in [0.05, 0.1) is 18.0 Å². The minimum absolute atomic E-state index is 0.0798. The number of ketones is 1. The Labute approximate surface area is 281 Å². The highest BCUT2D eigenvalue weighted by molar-refractivity contribution is 7.91. The third-order valence-electron chi connectivity index (χ3n) is 10.4. The van der Waals surface area contributed by atoms with Crippen molar-refractivity contribution in [2.75, 3.05) is 6.54 Å². The van der Waals surface area contributed by atoms with Gasteiger partial charge in [0.2, 0.25) is 5.78 Å². The molecule has 2 bridgehead atoms. The molecule has 9 heteroatoms. The summed E-state index contributed by atoms with van der Waals surface area (Å²) >= 11 is 1.17. The number of hydrogen-bond donors (Lipinski definition) is 2. The number of thiophene rings is 1. The largest absolute Gasteiger partial charge is 0.461 e. The van der Waals surface area contributed by atoms with Crippen LogP contribution in [0.1, 0.15) is 91.1 Å². The Morgan fingerprint density at radius 2 is 1.85 bits per heavy atom. The number of nitrogens with zero attached hydrogens (tertiary/aromatic N) is 1. The molecule has 2 aromatic heterocycles. The van der Waals surface area contributed by atoms with Gasteiger partial charge in [-0.15, -0.1) is 11.3 Å². The van der Waals surface area contributed by atoms with E-state index in [1.54, 1.807) is 29.6 Å². The van der Waals surface area contributed by atoms with Gasteiger partial charge in [0.15, 0.2) is 5.76 Å². The van der Waals surface area contributed by atoms with Gasteiger partial charge in [-0.25, -0.2) is 8.42 Å². The van der Waals surface area contributed by atoms with Gasteiger partial charge in [-0.05, 0) is 104 Å². The number of fused-ring (bicyclic) bond motifs is 8. The van der Waals surface area contributed by atoms with Crippen molar-refractivity contribution in [2.45, 2.75) is 87.2 Å². The average Bonchev–Trinajstić information content (AvgIpc) is 3.83. The van der Waals surface area contributed by atoms with E-state index >= 15 is 0 Å². The van der Waals surface area contributed by atoms with Gasteiger partial charge in [0.1, 0.15) is 4.21 Å². The van der Waals surface area contributed by atoms with E-state index < -0.39 is 27.1 Å². The first kappa shape index (κ1) is 33.6. The SMILES string of the molecule is CC1=CCCC2(C)C(CCC2(O)CN(Cc2ccccc2)S(=O)(=O)c2cccs2)c2ccc(cc2C(=O)c2ccco2)CC(O)CC1. The topological polar surface area (TPSA) is 108 Å². The Hall–Kier alpha value is -3.34. The fourth-order valence-electron chi connectivity index (χ4n) is 7.58. The van der Waals surface area contributed by atoms with Crippen LogP contribution in [0.15, 0.2) is 105 Å². The van der Waals surface area contributed by atoms with Crippen LogP contribution in [0.3, 0.4) is 0 Å². The lowest BCUT2D eigenvalue weighted by Gasteiger charge is -2.46. The molecule has 2 N–H and O–H groups in total. The first-order valence-corrected chi connectivity index (χ1v) is 18.7.